The molecule has 7 rings (SSSR count). The average Bonchev–Trinajstić information content (AvgIpc) is 3.47. The second-order valence-corrected chi connectivity index (χ2v) is 13.0. The molecule has 7 nitrogen and oxygen atoms in total. The molecule has 7 heteroatoms. The maximum Gasteiger partial charge on any atom is 0.163 e. The van der Waals surface area contributed by atoms with Crippen LogP contribution in [0.3, 0.4) is 0 Å². The van der Waals surface area contributed by atoms with Gasteiger partial charge in [-0.25, -0.2) is 4.98 Å². The smallest absolute Gasteiger partial charge is 0.163 e. The monoisotopic (exact) mass is 558 g/mol. The molecule has 4 aliphatic rings. The molecule has 41 heavy (non-hydrogen) atoms. The second kappa shape index (κ2) is 11.5. The van der Waals surface area contributed by atoms with Crippen LogP contribution in [0.4, 0.5) is 5.69 Å². The number of pyridine rings is 1. The molecule has 0 bridgehead atoms. The number of hydrogen-bond donors (Lipinski definition) is 1. The zero-order valence-corrected chi connectivity index (χ0v) is 24.9. The van der Waals surface area contributed by atoms with Crippen molar-refractivity contribution < 1.29 is 13.9 Å². The third kappa shape index (κ3) is 5.80. The van der Waals surface area contributed by atoms with Gasteiger partial charge in [0.25, 0.3) is 0 Å². The van der Waals surface area contributed by atoms with Gasteiger partial charge in [-0.15, -0.1) is 0 Å². The molecule has 2 aliphatic carbocycles. The summed E-state index contributed by atoms with van der Waals surface area (Å²) in [7, 11) is 1.73. The van der Waals surface area contributed by atoms with E-state index in [2.05, 4.69) is 46.3 Å². The number of furan rings is 1. The fourth-order valence-electron chi connectivity index (χ4n) is 7.45. The molecule has 3 aromatic rings. The third-order valence-electron chi connectivity index (χ3n) is 10.1. The summed E-state index contributed by atoms with van der Waals surface area (Å²) < 4.78 is 18.2. The van der Waals surface area contributed by atoms with Crippen molar-refractivity contribution in [1.29, 1.82) is 0 Å². The molecule has 1 spiro atoms. The van der Waals surface area contributed by atoms with Crippen molar-refractivity contribution in [3.8, 4) is 23.0 Å². The zero-order valence-electron chi connectivity index (χ0n) is 24.9. The minimum Gasteiger partial charge on any atom is -0.493 e. The zero-order chi connectivity index (χ0) is 27.8. The maximum absolute atomic E-state index is 6.28. The topological polar surface area (TPSA) is 63.0 Å². The van der Waals surface area contributed by atoms with Gasteiger partial charge >= 0.3 is 0 Å². The summed E-state index contributed by atoms with van der Waals surface area (Å²) in [5.74, 6) is 3.32. The van der Waals surface area contributed by atoms with Crippen LogP contribution in [0.25, 0.3) is 22.4 Å². The molecule has 0 unspecified atom stereocenters. The Morgan fingerprint density at radius 1 is 1.02 bits per heavy atom. The van der Waals surface area contributed by atoms with Crippen LogP contribution >= 0.6 is 0 Å². The summed E-state index contributed by atoms with van der Waals surface area (Å²) in [5.41, 5.74) is 3.39. The number of hydrogen-bond acceptors (Lipinski definition) is 7. The molecule has 2 saturated carbocycles. The third-order valence-corrected chi connectivity index (χ3v) is 10.1. The second-order valence-electron chi connectivity index (χ2n) is 13.0. The van der Waals surface area contributed by atoms with Crippen molar-refractivity contribution in [2.45, 2.75) is 83.2 Å². The summed E-state index contributed by atoms with van der Waals surface area (Å²) in [6, 6.07) is 11.8. The number of aryl methyl sites for hydroxylation is 1. The van der Waals surface area contributed by atoms with Gasteiger partial charge in [0.15, 0.2) is 17.3 Å². The molecule has 2 aliphatic heterocycles. The predicted molar refractivity (Wildman–Crippen MR) is 164 cm³/mol. The fourth-order valence-corrected chi connectivity index (χ4v) is 7.45. The Balaban J connectivity index is 1.11. The van der Waals surface area contributed by atoms with E-state index in [0.717, 1.165) is 70.7 Å². The Labute approximate surface area is 244 Å². The number of ether oxygens (including phenoxy) is 2. The summed E-state index contributed by atoms with van der Waals surface area (Å²) in [4.78, 5) is 10.3. The number of piperidine rings is 1. The first kappa shape index (κ1) is 27.1. The number of likely N-dealkylation sites (tertiary alicyclic amines) is 2. The van der Waals surface area contributed by atoms with Crippen molar-refractivity contribution in [2.75, 3.05) is 51.8 Å². The molecule has 2 aromatic heterocycles. The van der Waals surface area contributed by atoms with Crippen molar-refractivity contribution in [1.82, 2.24) is 14.8 Å². The van der Waals surface area contributed by atoms with Gasteiger partial charge in [-0.05, 0) is 114 Å². The highest BCUT2D eigenvalue weighted by atomic mass is 16.5. The first-order valence-electron chi connectivity index (χ1n) is 16.1. The Bertz CT molecular complexity index is 1340. The van der Waals surface area contributed by atoms with E-state index in [0.29, 0.717) is 18.1 Å². The largest absolute Gasteiger partial charge is 0.493 e. The van der Waals surface area contributed by atoms with Crippen molar-refractivity contribution >= 4 is 16.6 Å². The molecule has 0 radical (unpaired) electrons. The van der Waals surface area contributed by atoms with E-state index in [1.54, 1.807) is 7.11 Å². The highest BCUT2D eigenvalue weighted by Gasteiger charge is 2.47. The lowest BCUT2D eigenvalue weighted by Crippen LogP contribution is -2.51. The molecular formula is C34H46N4O3. The van der Waals surface area contributed by atoms with Crippen LogP contribution in [0.1, 0.15) is 70.5 Å². The molecule has 4 fully saturated rings. The Kier molecular flexibility index (Phi) is 7.59. The summed E-state index contributed by atoms with van der Waals surface area (Å²) >= 11 is 0. The lowest BCUT2D eigenvalue weighted by molar-refractivity contribution is 0.0210. The molecule has 220 valence electrons. The molecule has 1 N–H and O–H groups in total. The first-order valence-corrected chi connectivity index (χ1v) is 16.1. The quantitative estimate of drug-likeness (QED) is 0.261. The van der Waals surface area contributed by atoms with E-state index >= 15 is 0 Å². The van der Waals surface area contributed by atoms with Crippen molar-refractivity contribution in [2.24, 2.45) is 5.41 Å². The van der Waals surface area contributed by atoms with E-state index in [1.807, 2.05) is 6.07 Å². The van der Waals surface area contributed by atoms with Gasteiger partial charge in [0, 0.05) is 42.2 Å². The number of nitrogens with zero attached hydrogens (tertiary/aromatic N) is 3. The maximum atomic E-state index is 6.28. The van der Waals surface area contributed by atoms with Crippen LogP contribution in [-0.2, 0) is 6.42 Å². The van der Waals surface area contributed by atoms with Crippen LogP contribution < -0.4 is 14.8 Å². The van der Waals surface area contributed by atoms with Gasteiger partial charge in [-0.1, -0.05) is 6.92 Å². The Morgan fingerprint density at radius 2 is 1.83 bits per heavy atom. The van der Waals surface area contributed by atoms with E-state index in [9.17, 15) is 0 Å². The van der Waals surface area contributed by atoms with Crippen molar-refractivity contribution in [3.05, 3.63) is 36.1 Å². The molecule has 2 saturated heterocycles. The Morgan fingerprint density at radius 3 is 2.54 bits per heavy atom. The highest BCUT2D eigenvalue weighted by molar-refractivity contribution is 5.95. The van der Waals surface area contributed by atoms with Crippen LogP contribution in [-0.4, -0.2) is 73.3 Å². The first-order chi connectivity index (χ1) is 20.1. The number of methoxy groups -OCH3 is 1. The van der Waals surface area contributed by atoms with E-state index in [1.165, 1.54) is 77.5 Å². The highest BCUT2D eigenvalue weighted by Crippen LogP contribution is 2.51. The van der Waals surface area contributed by atoms with Gasteiger partial charge in [-0.3, -0.25) is 0 Å². The lowest BCUT2D eigenvalue weighted by atomic mass is 9.60. The molecule has 1 aromatic carbocycles. The molecular weight excluding hydrogens is 512 g/mol. The normalized spacial score (nSPS) is 21.4. The summed E-state index contributed by atoms with van der Waals surface area (Å²) in [6.45, 7) is 8.89. The lowest BCUT2D eigenvalue weighted by Gasteiger charge is -2.52. The van der Waals surface area contributed by atoms with Gasteiger partial charge in [0.2, 0.25) is 0 Å². The predicted octanol–water partition coefficient (Wildman–Crippen LogP) is 6.75. The molecule has 0 atom stereocenters. The SMILES string of the molecule is CCc1ccc(-c2cc(NC3CC4(CCN(C5CC5)CC4)C3)c3cc(OC)c(OCCCN4CCCC4)cc3n2)o1. The minimum atomic E-state index is 0.483. The number of rotatable bonds is 11. The van der Waals surface area contributed by atoms with Gasteiger partial charge in [0.1, 0.15) is 11.5 Å². The van der Waals surface area contributed by atoms with Crippen LogP contribution in [0.2, 0.25) is 0 Å². The standard InChI is InChI=1S/C34H46N4O3/c1-3-26-9-10-31(41-26)30-20-28(35-24-22-34(23-24)11-16-38(17-12-34)25-7-8-25)27-19-32(39-2)33(21-29(27)36-30)40-18-6-15-37-13-4-5-14-37/h9-10,19-21,24-25H,3-8,11-18,22-23H2,1-2H3,(H,35,36). The number of benzene rings is 1. The van der Waals surface area contributed by atoms with Gasteiger partial charge < -0.3 is 29.0 Å². The van der Waals surface area contributed by atoms with Gasteiger partial charge in [0.05, 0.1) is 19.2 Å². The Hall–Kier alpha value is -2.77. The van der Waals surface area contributed by atoms with E-state index in [-0.39, 0.29) is 0 Å². The minimum absolute atomic E-state index is 0.483. The average molecular weight is 559 g/mol. The fraction of sp³-hybridized carbons (Fsp3) is 0.618. The number of anilines is 1. The van der Waals surface area contributed by atoms with E-state index in [4.69, 9.17) is 18.9 Å². The number of aromatic nitrogens is 1. The summed E-state index contributed by atoms with van der Waals surface area (Å²) in [5, 5.41) is 5.00. The van der Waals surface area contributed by atoms with Crippen LogP contribution in [0.5, 0.6) is 11.5 Å². The van der Waals surface area contributed by atoms with Gasteiger partial charge in [-0.2, -0.15) is 0 Å². The summed E-state index contributed by atoms with van der Waals surface area (Å²) in [6.07, 6.45) is 12.5. The molecule has 4 heterocycles. The van der Waals surface area contributed by atoms with Crippen LogP contribution in [0.15, 0.2) is 34.7 Å². The van der Waals surface area contributed by atoms with Crippen molar-refractivity contribution in [3.63, 3.8) is 0 Å². The van der Waals surface area contributed by atoms with Crippen LogP contribution in [0, 0.1) is 5.41 Å². The van der Waals surface area contributed by atoms with E-state index < -0.39 is 0 Å². The number of fused-ring (bicyclic) bond motifs is 1. The molecule has 0 amide bonds. The number of nitrogens with one attached hydrogen (secondary N) is 1.